The van der Waals surface area contributed by atoms with Crippen LogP contribution in [0, 0.1) is 5.92 Å². The predicted octanol–water partition coefficient (Wildman–Crippen LogP) is 5.13. The number of nitrogens with zero attached hydrogens (tertiary/aromatic N) is 2. The van der Waals surface area contributed by atoms with E-state index in [0.717, 1.165) is 23.7 Å². The molecule has 0 spiro atoms. The summed E-state index contributed by atoms with van der Waals surface area (Å²) in [4.78, 5) is 19.9. The van der Waals surface area contributed by atoms with Crippen LogP contribution >= 0.6 is 0 Å². The summed E-state index contributed by atoms with van der Waals surface area (Å²) in [7, 11) is 0. The van der Waals surface area contributed by atoms with Crippen LogP contribution in [0.25, 0.3) is 10.9 Å². The van der Waals surface area contributed by atoms with Crippen molar-refractivity contribution in [3.63, 3.8) is 0 Å². The minimum atomic E-state index is -2.85. The van der Waals surface area contributed by atoms with E-state index in [9.17, 15) is 13.6 Å². The topological polar surface area (TPSA) is 39.3 Å². The summed E-state index contributed by atoms with van der Waals surface area (Å²) in [6.07, 6.45) is 1.64. The highest BCUT2D eigenvalue weighted by molar-refractivity contribution is 5.98. The van der Waals surface area contributed by atoms with Crippen LogP contribution in [-0.4, -0.2) is 53.4 Å². The van der Waals surface area contributed by atoms with Gasteiger partial charge in [-0.15, -0.1) is 0 Å². The lowest BCUT2D eigenvalue weighted by Crippen LogP contribution is -2.44. The first-order valence-corrected chi connectivity index (χ1v) is 11.0. The highest BCUT2D eigenvalue weighted by atomic mass is 19.3. The fourth-order valence-corrected chi connectivity index (χ4v) is 4.41. The number of aromatic amines is 1. The molecular formula is C25H29F2N3O. The van der Waals surface area contributed by atoms with Crippen LogP contribution in [0.4, 0.5) is 8.78 Å². The lowest BCUT2D eigenvalue weighted by Gasteiger charge is -2.36. The minimum absolute atomic E-state index is 0.00302. The van der Waals surface area contributed by atoms with E-state index in [2.05, 4.69) is 4.98 Å². The van der Waals surface area contributed by atoms with E-state index in [-0.39, 0.29) is 18.0 Å². The number of carbonyl (C=O) groups excluding carboxylic acids is 1. The van der Waals surface area contributed by atoms with Gasteiger partial charge in [-0.3, -0.25) is 9.69 Å². The summed E-state index contributed by atoms with van der Waals surface area (Å²) < 4.78 is 29.2. The molecule has 1 aliphatic heterocycles. The Morgan fingerprint density at radius 3 is 2.45 bits per heavy atom. The molecule has 164 valence electrons. The number of rotatable bonds is 7. The number of fused-ring (bicyclic) bond motifs is 1. The Bertz CT molecular complexity index is 977. The Balaban J connectivity index is 1.32. The number of amides is 1. The van der Waals surface area contributed by atoms with Gasteiger partial charge in [0, 0.05) is 29.6 Å². The number of likely N-dealkylation sites (tertiary alicyclic amines) is 1. The maximum atomic E-state index is 14.6. The largest absolute Gasteiger partial charge is 0.351 e. The first kappa shape index (κ1) is 21.5. The molecule has 1 amide bonds. The van der Waals surface area contributed by atoms with Gasteiger partial charge in [0.15, 0.2) is 0 Å². The van der Waals surface area contributed by atoms with Crippen molar-refractivity contribution in [1.29, 1.82) is 0 Å². The molecule has 2 heterocycles. The monoisotopic (exact) mass is 425 g/mol. The molecule has 0 radical (unpaired) electrons. The number of hydrogen-bond donors (Lipinski definition) is 1. The summed E-state index contributed by atoms with van der Waals surface area (Å²) in [5, 5.41) is 1.02. The molecule has 1 saturated heterocycles. The van der Waals surface area contributed by atoms with Crippen molar-refractivity contribution in [2.75, 3.05) is 32.7 Å². The molecule has 31 heavy (non-hydrogen) atoms. The zero-order valence-electron chi connectivity index (χ0n) is 17.9. The van der Waals surface area contributed by atoms with Crippen LogP contribution < -0.4 is 0 Å². The molecule has 1 N–H and O–H groups in total. The Labute approximate surface area is 181 Å². The standard InChI is InChI=1S/C25H29F2N3O/c1-2-30(24(31)23-16-20-8-6-7-11-22(20)28-23)17-19-12-14-29(15-13-19)18-25(26,27)21-9-4-3-5-10-21/h3-11,16,19,28H,2,12-15,17-18H2,1H3. The van der Waals surface area contributed by atoms with Crippen LogP contribution in [0.15, 0.2) is 60.7 Å². The van der Waals surface area contributed by atoms with Gasteiger partial charge in [-0.25, -0.2) is 0 Å². The first-order valence-electron chi connectivity index (χ1n) is 11.0. The molecule has 4 rings (SSSR count). The Kier molecular flexibility index (Phi) is 6.37. The molecule has 0 atom stereocenters. The number of benzene rings is 2. The van der Waals surface area contributed by atoms with Crippen molar-refractivity contribution in [2.45, 2.75) is 25.7 Å². The van der Waals surface area contributed by atoms with Gasteiger partial charge in [-0.2, -0.15) is 8.78 Å². The lowest BCUT2D eigenvalue weighted by atomic mass is 9.95. The highest BCUT2D eigenvalue weighted by Gasteiger charge is 2.35. The SMILES string of the molecule is CCN(CC1CCN(CC(F)(F)c2ccccc2)CC1)C(=O)c1cc2ccccc2[nH]1. The van der Waals surface area contributed by atoms with Crippen LogP contribution in [0.2, 0.25) is 0 Å². The third-order valence-electron chi connectivity index (χ3n) is 6.23. The van der Waals surface area contributed by atoms with Gasteiger partial charge in [0.05, 0.1) is 6.54 Å². The van der Waals surface area contributed by atoms with Gasteiger partial charge in [0.25, 0.3) is 11.8 Å². The van der Waals surface area contributed by atoms with Crippen molar-refractivity contribution in [3.8, 4) is 0 Å². The number of para-hydroxylation sites is 1. The molecule has 3 aromatic rings. The zero-order valence-corrected chi connectivity index (χ0v) is 17.9. The lowest BCUT2D eigenvalue weighted by molar-refractivity contribution is -0.0451. The normalized spacial score (nSPS) is 16.0. The number of piperidine rings is 1. The van der Waals surface area contributed by atoms with E-state index in [4.69, 9.17) is 0 Å². The molecule has 0 saturated carbocycles. The Morgan fingerprint density at radius 2 is 1.77 bits per heavy atom. The predicted molar refractivity (Wildman–Crippen MR) is 119 cm³/mol. The number of alkyl halides is 2. The third kappa shape index (κ3) is 4.96. The second kappa shape index (κ2) is 9.18. The van der Waals surface area contributed by atoms with Crippen molar-refractivity contribution in [3.05, 3.63) is 71.9 Å². The summed E-state index contributed by atoms with van der Waals surface area (Å²) in [6, 6.07) is 17.8. The zero-order chi connectivity index (χ0) is 21.8. The smallest absolute Gasteiger partial charge is 0.285 e. The third-order valence-corrected chi connectivity index (χ3v) is 6.23. The molecule has 1 aromatic heterocycles. The maximum Gasteiger partial charge on any atom is 0.285 e. The summed E-state index contributed by atoms with van der Waals surface area (Å²) >= 11 is 0. The second-order valence-corrected chi connectivity index (χ2v) is 8.40. The summed E-state index contributed by atoms with van der Waals surface area (Å²) in [6.45, 7) is 4.27. The molecule has 0 bridgehead atoms. The van der Waals surface area contributed by atoms with E-state index in [1.165, 1.54) is 12.1 Å². The van der Waals surface area contributed by atoms with Gasteiger partial charge in [-0.05, 0) is 50.9 Å². The van der Waals surface area contributed by atoms with Crippen molar-refractivity contribution >= 4 is 16.8 Å². The molecule has 6 heteroatoms. The fraction of sp³-hybridized carbons (Fsp3) is 0.400. The number of nitrogens with one attached hydrogen (secondary N) is 1. The number of aromatic nitrogens is 1. The van der Waals surface area contributed by atoms with Gasteiger partial charge in [0.1, 0.15) is 5.69 Å². The van der Waals surface area contributed by atoms with Gasteiger partial charge < -0.3 is 9.88 Å². The van der Waals surface area contributed by atoms with E-state index in [1.807, 2.05) is 47.1 Å². The molecule has 2 aromatic carbocycles. The molecular weight excluding hydrogens is 396 g/mol. The Morgan fingerprint density at radius 1 is 1.10 bits per heavy atom. The van der Waals surface area contributed by atoms with Gasteiger partial charge in [0.2, 0.25) is 0 Å². The highest BCUT2D eigenvalue weighted by Crippen LogP contribution is 2.30. The quantitative estimate of drug-likeness (QED) is 0.570. The van der Waals surface area contributed by atoms with E-state index < -0.39 is 5.92 Å². The van der Waals surface area contributed by atoms with Crippen LogP contribution in [0.1, 0.15) is 35.8 Å². The fourth-order valence-electron chi connectivity index (χ4n) is 4.41. The number of hydrogen-bond acceptors (Lipinski definition) is 2. The van der Waals surface area contributed by atoms with Crippen LogP contribution in [-0.2, 0) is 5.92 Å². The van der Waals surface area contributed by atoms with Crippen LogP contribution in [0.3, 0.4) is 0 Å². The van der Waals surface area contributed by atoms with E-state index in [0.29, 0.717) is 37.8 Å². The average molecular weight is 426 g/mol. The van der Waals surface area contributed by atoms with E-state index in [1.54, 1.807) is 18.2 Å². The van der Waals surface area contributed by atoms with Crippen molar-refractivity contribution < 1.29 is 13.6 Å². The number of halogens is 2. The molecule has 1 fully saturated rings. The summed E-state index contributed by atoms with van der Waals surface area (Å²) in [5.41, 5.74) is 1.62. The first-order chi connectivity index (χ1) is 15.0. The average Bonchev–Trinajstić information content (AvgIpc) is 3.23. The molecule has 1 aliphatic rings. The molecule has 0 aliphatic carbocycles. The maximum absolute atomic E-state index is 14.6. The number of H-pyrrole nitrogens is 1. The second-order valence-electron chi connectivity index (χ2n) is 8.40. The van der Waals surface area contributed by atoms with Crippen molar-refractivity contribution in [2.24, 2.45) is 5.92 Å². The summed E-state index contributed by atoms with van der Waals surface area (Å²) in [5.74, 6) is -2.53. The van der Waals surface area contributed by atoms with Crippen molar-refractivity contribution in [1.82, 2.24) is 14.8 Å². The van der Waals surface area contributed by atoms with E-state index >= 15 is 0 Å². The van der Waals surface area contributed by atoms with Gasteiger partial charge >= 0.3 is 0 Å². The molecule has 4 nitrogen and oxygen atoms in total. The van der Waals surface area contributed by atoms with Crippen LogP contribution in [0.5, 0.6) is 0 Å². The van der Waals surface area contributed by atoms with Gasteiger partial charge in [-0.1, -0.05) is 48.5 Å². The minimum Gasteiger partial charge on any atom is -0.351 e. The number of carbonyl (C=O) groups is 1. The Hall–Kier alpha value is -2.73. The molecule has 0 unspecified atom stereocenters.